The Labute approximate surface area is 114 Å². The molecule has 0 aromatic heterocycles. The molecular formula is C15H22N2O2. The molecule has 0 unspecified atom stereocenters. The normalized spacial score (nSPS) is 16.6. The standard InChI is InChI=1S/C15H22N2O2/c1-16-10-13-3-2-4-14(9-13)15(19)17-7-5-12(11-18)6-8-17/h2-4,9,12,16,18H,5-8,10-11H2,1H3. The lowest BCUT2D eigenvalue weighted by Gasteiger charge is -2.31. The van der Waals surface area contributed by atoms with Gasteiger partial charge >= 0.3 is 0 Å². The van der Waals surface area contributed by atoms with Gasteiger partial charge in [-0.15, -0.1) is 0 Å². The van der Waals surface area contributed by atoms with E-state index in [0.29, 0.717) is 5.92 Å². The van der Waals surface area contributed by atoms with Gasteiger partial charge in [-0.3, -0.25) is 4.79 Å². The lowest BCUT2D eigenvalue weighted by molar-refractivity contribution is 0.0651. The summed E-state index contributed by atoms with van der Waals surface area (Å²) in [7, 11) is 1.90. The van der Waals surface area contributed by atoms with Gasteiger partial charge in [-0.1, -0.05) is 12.1 Å². The van der Waals surface area contributed by atoms with Gasteiger partial charge in [0, 0.05) is 31.8 Å². The summed E-state index contributed by atoms with van der Waals surface area (Å²) in [6, 6.07) is 7.78. The van der Waals surface area contributed by atoms with Crippen molar-refractivity contribution in [3.05, 3.63) is 35.4 Å². The van der Waals surface area contributed by atoms with Gasteiger partial charge in [0.05, 0.1) is 0 Å². The first-order chi connectivity index (χ1) is 9.24. The van der Waals surface area contributed by atoms with Gasteiger partial charge in [0.2, 0.25) is 0 Å². The number of hydrogen-bond acceptors (Lipinski definition) is 3. The van der Waals surface area contributed by atoms with Crippen molar-refractivity contribution in [1.82, 2.24) is 10.2 Å². The van der Waals surface area contributed by atoms with E-state index in [-0.39, 0.29) is 12.5 Å². The molecule has 2 rings (SSSR count). The third kappa shape index (κ3) is 3.55. The lowest BCUT2D eigenvalue weighted by Crippen LogP contribution is -2.39. The van der Waals surface area contributed by atoms with E-state index < -0.39 is 0 Å². The Hall–Kier alpha value is -1.39. The maximum atomic E-state index is 12.4. The van der Waals surface area contributed by atoms with Gasteiger partial charge < -0.3 is 15.3 Å². The van der Waals surface area contributed by atoms with E-state index in [2.05, 4.69) is 5.32 Å². The fourth-order valence-corrected chi connectivity index (χ4v) is 2.52. The third-order valence-electron chi connectivity index (χ3n) is 3.71. The Bertz CT molecular complexity index is 426. The first-order valence-electron chi connectivity index (χ1n) is 6.88. The highest BCUT2D eigenvalue weighted by Crippen LogP contribution is 2.18. The van der Waals surface area contributed by atoms with Crippen molar-refractivity contribution in [2.24, 2.45) is 5.92 Å². The van der Waals surface area contributed by atoms with Crippen molar-refractivity contribution in [3.8, 4) is 0 Å². The van der Waals surface area contributed by atoms with E-state index >= 15 is 0 Å². The number of carbonyl (C=O) groups is 1. The van der Waals surface area contributed by atoms with Crippen molar-refractivity contribution in [3.63, 3.8) is 0 Å². The number of piperidine rings is 1. The molecule has 0 saturated carbocycles. The van der Waals surface area contributed by atoms with E-state index in [0.717, 1.165) is 43.6 Å². The van der Waals surface area contributed by atoms with Crippen LogP contribution in [-0.4, -0.2) is 42.7 Å². The minimum absolute atomic E-state index is 0.106. The van der Waals surface area contributed by atoms with Crippen LogP contribution < -0.4 is 5.32 Å². The van der Waals surface area contributed by atoms with Gasteiger partial charge in [-0.05, 0) is 43.5 Å². The smallest absolute Gasteiger partial charge is 0.253 e. The van der Waals surface area contributed by atoms with Crippen LogP contribution in [-0.2, 0) is 6.54 Å². The van der Waals surface area contributed by atoms with Gasteiger partial charge in [-0.2, -0.15) is 0 Å². The fraction of sp³-hybridized carbons (Fsp3) is 0.533. The Morgan fingerprint density at radius 3 is 2.79 bits per heavy atom. The molecule has 4 nitrogen and oxygen atoms in total. The van der Waals surface area contributed by atoms with E-state index in [1.807, 2.05) is 36.2 Å². The second kappa shape index (κ2) is 6.68. The number of amides is 1. The number of nitrogens with one attached hydrogen (secondary N) is 1. The lowest BCUT2D eigenvalue weighted by atomic mass is 9.97. The Kier molecular flexibility index (Phi) is 4.93. The highest BCUT2D eigenvalue weighted by Gasteiger charge is 2.23. The number of likely N-dealkylation sites (tertiary alicyclic amines) is 1. The first-order valence-corrected chi connectivity index (χ1v) is 6.88. The molecule has 19 heavy (non-hydrogen) atoms. The molecule has 1 aliphatic rings. The van der Waals surface area contributed by atoms with Crippen LogP contribution in [0.25, 0.3) is 0 Å². The molecule has 2 N–H and O–H groups in total. The van der Waals surface area contributed by atoms with Gasteiger partial charge in [0.25, 0.3) is 5.91 Å². The highest BCUT2D eigenvalue weighted by atomic mass is 16.3. The molecule has 1 amide bonds. The number of rotatable bonds is 4. The minimum Gasteiger partial charge on any atom is -0.396 e. The number of aliphatic hydroxyl groups excluding tert-OH is 1. The van der Waals surface area contributed by atoms with Gasteiger partial charge in [-0.25, -0.2) is 0 Å². The molecule has 104 valence electrons. The molecule has 1 heterocycles. The summed E-state index contributed by atoms with van der Waals surface area (Å²) < 4.78 is 0. The fourth-order valence-electron chi connectivity index (χ4n) is 2.52. The van der Waals surface area contributed by atoms with Crippen LogP contribution in [0.2, 0.25) is 0 Å². The van der Waals surface area contributed by atoms with Crippen molar-refractivity contribution in [2.45, 2.75) is 19.4 Å². The first kappa shape index (κ1) is 14.0. The topological polar surface area (TPSA) is 52.6 Å². The molecular weight excluding hydrogens is 240 g/mol. The van der Waals surface area contributed by atoms with Crippen molar-refractivity contribution in [2.75, 3.05) is 26.7 Å². The average molecular weight is 262 g/mol. The SMILES string of the molecule is CNCc1cccc(C(=O)N2CCC(CO)CC2)c1. The molecule has 1 fully saturated rings. The van der Waals surface area contributed by atoms with Crippen LogP contribution in [0.4, 0.5) is 0 Å². The summed E-state index contributed by atoms with van der Waals surface area (Å²) in [5.41, 5.74) is 1.88. The van der Waals surface area contributed by atoms with E-state index in [1.165, 1.54) is 0 Å². The summed E-state index contributed by atoms with van der Waals surface area (Å²) in [5, 5.41) is 12.2. The Morgan fingerprint density at radius 1 is 1.42 bits per heavy atom. The van der Waals surface area contributed by atoms with Gasteiger partial charge in [0.1, 0.15) is 0 Å². The van der Waals surface area contributed by atoms with Crippen LogP contribution in [0.15, 0.2) is 24.3 Å². The predicted octanol–water partition coefficient (Wildman–Crippen LogP) is 1.25. The maximum Gasteiger partial charge on any atom is 0.253 e. The van der Waals surface area contributed by atoms with Gasteiger partial charge in [0.15, 0.2) is 0 Å². The number of hydrogen-bond donors (Lipinski definition) is 2. The van der Waals surface area contributed by atoms with Crippen molar-refractivity contribution >= 4 is 5.91 Å². The van der Waals surface area contributed by atoms with Crippen molar-refractivity contribution in [1.29, 1.82) is 0 Å². The predicted molar refractivity (Wildman–Crippen MR) is 74.9 cm³/mol. The monoisotopic (exact) mass is 262 g/mol. The molecule has 1 aromatic carbocycles. The molecule has 0 atom stereocenters. The maximum absolute atomic E-state index is 12.4. The summed E-state index contributed by atoms with van der Waals surface area (Å²) >= 11 is 0. The summed E-state index contributed by atoms with van der Waals surface area (Å²) in [4.78, 5) is 14.3. The average Bonchev–Trinajstić information content (AvgIpc) is 2.47. The van der Waals surface area contributed by atoms with Crippen LogP contribution in [0.3, 0.4) is 0 Å². The molecule has 1 saturated heterocycles. The molecule has 1 aromatic rings. The van der Waals surface area contributed by atoms with E-state index in [1.54, 1.807) is 0 Å². The highest BCUT2D eigenvalue weighted by molar-refractivity contribution is 5.94. The van der Waals surface area contributed by atoms with Crippen LogP contribution in [0.1, 0.15) is 28.8 Å². The van der Waals surface area contributed by atoms with Crippen LogP contribution in [0, 0.1) is 5.92 Å². The van der Waals surface area contributed by atoms with E-state index in [9.17, 15) is 4.79 Å². The second-order valence-corrected chi connectivity index (χ2v) is 5.15. The molecule has 0 aliphatic carbocycles. The molecule has 1 aliphatic heterocycles. The molecule has 0 bridgehead atoms. The number of aliphatic hydroxyl groups is 1. The third-order valence-corrected chi connectivity index (χ3v) is 3.71. The molecule has 0 spiro atoms. The summed E-state index contributed by atoms with van der Waals surface area (Å²) in [5.74, 6) is 0.467. The second-order valence-electron chi connectivity index (χ2n) is 5.15. The van der Waals surface area contributed by atoms with Crippen LogP contribution in [0.5, 0.6) is 0 Å². The quantitative estimate of drug-likeness (QED) is 0.858. The summed E-state index contributed by atoms with van der Waals surface area (Å²) in [6.45, 7) is 2.51. The zero-order valence-electron chi connectivity index (χ0n) is 11.4. The van der Waals surface area contributed by atoms with Crippen LogP contribution >= 0.6 is 0 Å². The molecule has 4 heteroatoms. The van der Waals surface area contributed by atoms with Crippen molar-refractivity contribution < 1.29 is 9.90 Å². The Balaban J connectivity index is 2.01. The largest absolute Gasteiger partial charge is 0.396 e. The Morgan fingerprint density at radius 2 is 2.16 bits per heavy atom. The summed E-state index contributed by atoms with van der Waals surface area (Å²) in [6.07, 6.45) is 1.80. The molecule has 0 radical (unpaired) electrons. The van der Waals surface area contributed by atoms with E-state index in [4.69, 9.17) is 5.11 Å². The number of benzene rings is 1. The zero-order chi connectivity index (χ0) is 13.7. The number of carbonyl (C=O) groups excluding carboxylic acids is 1. The minimum atomic E-state index is 0.106. The number of nitrogens with zero attached hydrogens (tertiary/aromatic N) is 1. The zero-order valence-corrected chi connectivity index (χ0v) is 11.4.